The molecule has 0 saturated heterocycles. The first-order valence-corrected chi connectivity index (χ1v) is 9.50. The number of hydrogen-bond acceptors (Lipinski definition) is 5. The summed E-state index contributed by atoms with van der Waals surface area (Å²) in [6.07, 6.45) is 4.30. The van der Waals surface area contributed by atoms with Crippen LogP contribution >= 0.6 is 0 Å². The molecule has 0 spiro atoms. The number of carbonyl (C=O) groups is 1. The number of anilines is 2. The number of nitrogens with zero attached hydrogens (tertiary/aromatic N) is 5. The summed E-state index contributed by atoms with van der Waals surface area (Å²) in [5, 5.41) is 11.1. The van der Waals surface area contributed by atoms with Crippen LogP contribution < -0.4 is 34.4 Å². The molecule has 3 aromatic heterocycles. The van der Waals surface area contributed by atoms with Gasteiger partial charge >= 0.3 is 24.9 Å². The molecule has 0 saturated carbocycles. The Hall–Kier alpha value is -2.40. The van der Waals surface area contributed by atoms with Crippen molar-refractivity contribution in [2.45, 2.75) is 26.3 Å². The fourth-order valence-corrected chi connectivity index (χ4v) is 3.05. The number of hydrogen-bond donors (Lipinski definition) is 2. The maximum Gasteiger partial charge on any atom is 1.00 e. The molecule has 0 bridgehead atoms. The first-order chi connectivity index (χ1) is 13.9. The molecule has 4 rings (SSSR count). The van der Waals surface area contributed by atoms with Crippen molar-refractivity contribution in [1.29, 1.82) is 0 Å². The van der Waals surface area contributed by atoms with Gasteiger partial charge in [0.1, 0.15) is 0 Å². The van der Waals surface area contributed by atoms with Gasteiger partial charge in [-0.1, -0.05) is 13.1 Å². The molecule has 1 aliphatic rings. The molecule has 0 aliphatic carbocycles. The van der Waals surface area contributed by atoms with Crippen LogP contribution in [0.4, 0.5) is 16.3 Å². The van der Waals surface area contributed by atoms with Crippen LogP contribution in [-0.2, 0) is 13.5 Å². The Morgan fingerprint density at radius 1 is 1.43 bits per heavy atom. The van der Waals surface area contributed by atoms with Crippen LogP contribution in [0.25, 0.3) is 11.0 Å². The molecular formula is C21H26LiN7O-2. The Labute approximate surface area is 189 Å². The first-order valence-electron chi connectivity index (χ1n) is 9.50. The van der Waals surface area contributed by atoms with Crippen molar-refractivity contribution in [3.63, 3.8) is 0 Å². The van der Waals surface area contributed by atoms with Gasteiger partial charge in [0.25, 0.3) is 0 Å². The van der Waals surface area contributed by atoms with Crippen LogP contribution in [-0.4, -0.2) is 44.9 Å². The summed E-state index contributed by atoms with van der Waals surface area (Å²) < 4.78 is 1.71. The van der Waals surface area contributed by atoms with E-state index in [1.807, 2.05) is 33.2 Å². The molecule has 9 heteroatoms. The van der Waals surface area contributed by atoms with Crippen molar-refractivity contribution in [3.8, 4) is 0 Å². The third-order valence-electron chi connectivity index (χ3n) is 4.42. The molecule has 1 aliphatic heterocycles. The van der Waals surface area contributed by atoms with E-state index in [2.05, 4.69) is 45.6 Å². The molecule has 154 valence electrons. The minimum Gasteiger partial charge on any atom is -0.373 e. The van der Waals surface area contributed by atoms with Crippen LogP contribution in [0.2, 0.25) is 0 Å². The van der Waals surface area contributed by atoms with E-state index in [9.17, 15) is 4.79 Å². The molecule has 0 unspecified atom stereocenters. The normalized spacial score (nSPS) is 13.2. The molecule has 8 nitrogen and oxygen atoms in total. The van der Waals surface area contributed by atoms with Gasteiger partial charge in [-0.25, -0.2) is 9.78 Å². The second kappa shape index (κ2) is 10.6. The Bertz CT molecular complexity index is 1000. The van der Waals surface area contributed by atoms with Crippen LogP contribution in [0.15, 0.2) is 24.5 Å². The van der Waals surface area contributed by atoms with Crippen LogP contribution in [0.5, 0.6) is 0 Å². The number of carbonyl (C=O) groups excluding carboxylic acids is 1. The van der Waals surface area contributed by atoms with E-state index >= 15 is 0 Å². The molecule has 2 amide bonds. The van der Waals surface area contributed by atoms with Gasteiger partial charge in [0.2, 0.25) is 0 Å². The van der Waals surface area contributed by atoms with E-state index in [0.717, 1.165) is 29.6 Å². The summed E-state index contributed by atoms with van der Waals surface area (Å²) in [6, 6.07) is 6.92. The van der Waals surface area contributed by atoms with Crippen LogP contribution in [0.1, 0.15) is 18.2 Å². The van der Waals surface area contributed by atoms with Gasteiger partial charge in [-0.2, -0.15) is 17.2 Å². The van der Waals surface area contributed by atoms with Gasteiger partial charge in [0, 0.05) is 31.0 Å². The van der Waals surface area contributed by atoms with Crippen molar-refractivity contribution in [2.24, 2.45) is 7.05 Å². The molecule has 0 aromatic carbocycles. The number of rotatable bonds is 3. The maximum absolute atomic E-state index is 12.6. The maximum atomic E-state index is 12.6. The zero-order valence-electron chi connectivity index (χ0n) is 18.1. The smallest absolute Gasteiger partial charge is 0.373 e. The van der Waals surface area contributed by atoms with E-state index in [0.29, 0.717) is 29.7 Å². The zero-order valence-corrected chi connectivity index (χ0v) is 18.1. The van der Waals surface area contributed by atoms with E-state index in [4.69, 9.17) is 0 Å². The minimum atomic E-state index is -0.205. The van der Waals surface area contributed by atoms with Crippen LogP contribution in [0, 0.1) is 26.8 Å². The molecule has 1 atom stereocenters. The molecule has 0 radical (unpaired) electrons. The molecular weight excluding hydrogens is 373 g/mol. The average molecular weight is 399 g/mol. The number of pyridine rings is 2. The standard InChI is InChI=1S/C16H15N6O.C5H11N.Li/c1-10-13(8-12-9-21(2)20-14(12)18-10)19-16(23)22-7-5-11-4-3-6-17-15(11)22;1-4-6-5(2)3;/h3,6,8-9H,5,7H2,1-2H3,(H,19,23);5-6H,1-2,4H2,3H3;/q-1;-2;+1/t;5-;/m.1./s1. The van der Waals surface area contributed by atoms with Crippen molar-refractivity contribution >= 4 is 28.6 Å². The Balaban J connectivity index is 0.000000405. The van der Waals surface area contributed by atoms with Gasteiger partial charge in [-0.05, 0) is 19.4 Å². The third-order valence-corrected chi connectivity index (χ3v) is 4.42. The second-order valence-corrected chi connectivity index (χ2v) is 6.92. The summed E-state index contributed by atoms with van der Waals surface area (Å²) in [4.78, 5) is 22.9. The summed E-state index contributed by atoms with van der Waals surface area (Å²) in [6.45, 7) is 12.5. The van der Waals surface area contributed by atoms with Crippen molar-refractivity contribution in [2.75, 3.05) is 23.3 Å². The molecule has 3 aromatic rings. The number of aryl methyl sites for hydroxylation is 2. The predicted octanol–water partition coefficient (Wildman–Crippen LogP) is -0.297. The van der Waals surface area contributed by atoms with E-state index in [-0.39, 0.29) is 24.9 Å². The minimum absolute atomic E-state index is 0. The predicted molar refractivity (Wildman–Crippen MR) is 115 cm³/mol. The summed E-state index contributed by atoms with van der Waals surface area (Å²) >= 11 is 0. The molecule has 2 N–H and O–H groups in total. The van der Waals surface area contributed by atoms with E-state index in [1.165, 1.54) is 0 Å². The largest absolute Gasteiger partial charge is 1.00 e. The van der Waals surface area contributed by atoms with E-state index < -0.39 is 0 Å². The summed E-state index contributed by atoms with van der Waals surface area (Å²) in [5.41, 5.74) is 3.06. The van der Waals surface area contributed by atoms with E-state index in [1.54, 1.807) is 21.8 Å². The Kier molecular flexibility index (Phi) is 8.41. The van der Waals surface area contributed by atoms with Crippen molar-refractivity contribution < 1.29 is 23.7 Å². The second-order valence-electron chi connectivity index (χ2n) is 6.92. The van der Waals surface area contributed by atoms with Gasteiger partial charge < -0.3 is 34.4 Å². The number of urea groups is 1. The fourth-order valence-electron chi connectivity index (χ4n) is 3.05. The van der Waals surface area contributed by atoms with Crippen molar-refractivity contribution in [3.05, 3.63) is 55.7 Å². The number of amides is 2. The summed E-state index contributed by atoms with van der Waals surface area (Å²) in [7, 11) is 1.85. The van der Waals surface area contributed by atoms with Gasteiger partial charge in [-0.3, -0.25) is 4.68 Å². The first kappa shape index (κ1) is 23.9. The molecule has 30 heavy (non-hydrogen) atoms. The third kappa shape index (κ3) is 5.60. The van der Waals surface area contributed by atoms with Gasteiger partial charge in [0.05, 0.1) is 11.4 Å². The topological polar surface area (TPSA) is 88.0 Å². The SMILES string of the molecule is Cc1nc2nn(C)cc2cc1NC(=O)N1CCc2[c-]ccnc21.[CH2-]CN[C@H]([CH2-])C.[Li+]. The zero-order chi connectivity index (χ0) is 21.0. The average Bonchev–Trinajstić information content (AvgIpc) is 3.25. The monoisotopic (exact) mass is 399 g/mol. The van der Waals surface area contributed by atoms with Gasteiger partial charge in [0.15, 0.2) is 5.65 Å². The molecule has 0 fully saturated rings. The molecule has 4 heterocycles. The Morgan fingerprint density at radius 2 is 2.20 bits per heavy atom. The fraction of sp³-hybridized carbons (Fsp3) is 0.333. The quantitative estimate of drug-likeness (QED) is 0.467. The van der Waals surface area contributed by atoms with Crippen molar-refractivity contribution in [1.82, 2.24) is 25.1 Å². The number of nitrogens with one attached hydrogen (secondary N) is 2. The summed E-state index contributed by atoms with van der Waals surface area (Å²) in [5.74, 6) is 0.679. The van der Waals surface area contributed by atoms with Gasteiger partial charge in [-0.15, -0.1) is 18.2 Å². The number of aromatic nitrogens is 4. The Morgan fingerprint density at radius 3 is 2.87 bits per heavy atom. The number of fused-ring (bicyclic) bond motifs is 2. The van der Waals surface area contributed by atoms with Crippen LogP contribution in [0.3, 0.4) is 0 Å².